The SMILES string of the molecule is COC(=O)C(CCCC(=O)CI)S(=O)(=O)c1ccccc1. The highest BCUT2D eigenvalue weighted by atomic mass is 127. The van der Waals surface area contributed by atoms with E-state index in [1.807, 2.05) is 22.6 Å². The van der Waals surface area contributed by atoms with E-state index in [4.69, 9.17) is 0 Å². The van der Waals surface area contributed by atoms with Crippen LogP contribution < -0.4 is 0 Å². The summed E-state index contributed by atoms with van der Waals surface area (Å²) in [5, 5.41) is -1.27. The van der Waals surface area contributed by atoms with Crippen molar-refractivity contribution in [2.75, 3.05) is 11.5 Å². The maximum absolute atomic E-state index is 12.5. The van der Waals surface area contributed by atoms with Crippen LogP contribution >= 0.6 is 22.6 Å². The van der Waals surface area contributed by atoms with Gasteiger partial charge in [0.15, 0.2) is 15.1 Å². The monoisotopic (exact) mass is 424 g/mol. The van der Waals surface area contributed by atoms with Crippen molar-refractivity contribution in [1.82, 2.24) is 0 Å². The summed E-state index contributed by atoms with van der Waals surface area (Å²) in [6, 6.07) is 7.79. The average Bonchev–Trinajstić information content (AvgIpc) is 2.51. The number of carbonyl (C=O) groups excluding carboxylic acids is 2. The Kier molecular flexibility index (Phi) is 7.30. The Morgan fingerprint density at radius 1 is 1.24 bits per heavy atom. The molecule has 1 atom stereocenters. The van der Waals surface area contributed by atoms with Gasteiger partial charge in [-0.2, -0.15) is 0 Å². The first-order chi connectivity index (χ1) is 9.93. The number of methoxy groups -OCH3 is 1. The number of halogens is 1. The minimum atomic E-state index is -3.80. The molecule has 1 aromatic rings. The van der Waals surface area contributed by atoms with Crippen molar-refractivity contribution in [1.29, 1.82) is 0 Å². The zero-order valence-electron chi connectivity index (χ0n) is 11.6. The molecule has 0 bridgehead atoms. The van der Waals surface area contributed by atoms with Crippen LogP contribution in [-0.4, -0.2) is 37.0 Å². The molecule has 0 spiro atoms. The highest BCUT2D eigenvalue weighted by Crippen LogP contribution is 2.21. The smallest absolute Gasteiger partial charge is 0.324 e. The molecule has 0 aromatic heterocycles. The average molecular weight is 424 g/mol. The van der Waals surface area contributed by atoms with Gasteiger partial charge in [-0.15, -0.1) is 0 Å². The van der Waals surface area contributed by atoms with Gasteiger partial charge in [-0.05, 0) is 25.0 Å². The highest BCUT2D eigenvalue weighted by molar-refractivity contribution is 14.1. The molecule has 0 saturated heterocycles. The third-order valence-electron chi connectivity index (χ3n) is 2.98. The lowest BCUT2D eigenvalue weighted by Crippen LogP contribution is -2.31. The van der Waals surface area contributed by atoms with Gasteiger partial charge < -0.3 is 4.74 Å². The van der Waals surface area contributed by atoms with E-state index in [9.17, 15) is 18.0 Å². The lowest BCUT2D eigenvalue weighted by Gasteiger charge is -2.15. The summed E-state index contributed by atoms with van der Waals surface area (Å²) >= 11 is 1.96. The van der Waals surface area contributed by atoms with Crippen molar-refractivity contribution in [2.45, 2.75) is 29.4 Å². The normalized spacial score (nSPS) is 12.7. The van der Waals surface area contributed by atoms with Crippen LogP contribution in [0.2, 0.25) is 0 Å². The summed E-state index contributed by atoms with van der Waals surface area (Å²) in [7, 11) is -2.65. The maximum atomic E-state index is 12.5. The lowest BCUT2D eigenvalue weighted by molar-refractivity contribution is -0.140. The Hall–Kier alpha value is -0.960. The van der Waals surface area contributed by atoms with Crippen molar-refractivity contribution >= 4 is 44.2 Å². The van der Waals surface area contributed by atoms with E-state index >= 15 is 0 Å². The predicted molar refractivity (Wildman–Crippen MR) is 87.2 cm³/mol. The molecule has 7 heteroatoms. The number of ketones is 1. The Morgan fingerprint density at radius 2 is 1.86 bits per heavy atom. The van der Waals surface area contributed by atoms with Gasteiger partial charge in [0.1, 0.15) is 5.78 Å². The fourth-order valence-corrected chi connectivity index (χ4v) is 3.93. The summed E-state index contributed by atoms with van der Waals surface area (Å²) in [4.78, 5) is 23.2. The Bertz CT molecular complexity index is 583. The number of ether oxygens (including phenoxy) is 1. The number of Topliss-reactive ketones (excluding diaryl/α,β-unsaturated/α-hetero) is 1. The van der Waals surface area contributed by atoms with Crippen LogP contribution in [0.15, 0.2) is 35.2 Å². The zero-order chi connectivity index (χ0) is 15.9. The van der Waals surface area contributed by atoms with Gasteiger partial charge in [-0.25, -0.2) is 8.42 Å². The lowest BCUT2D eigenvalue weighted by atomic mass is 10.1. The second kappa shape index (κ2) is 8.47. The molecule has 0 aliphatic rings. The fourth-order valence-electron chi connectivity index (χ4n) is 1.86. The molecule has 0 saturated carbocycles. The quantitative estimate of drug-likeness (QED) is 0.363. The third kappa shape index (κ3) is 5.06. The molecular formula is C14H17IO5S. The summed E-state index contributed by atoms with van der Waals surface area (Å²) in [5.41, 5.74) is 0. The third-order valence-corrected chi connectivity index (χ3v) is 5.94. The van der Waals surface area contributed by atoms with E-state index in [1.165, 1.54) is 12.1 Å². The van der Waals surface area contributed by atoms with Crippen molar-refractivity contribution < 1.29 is 22.7 Å². The van der Waals surface area contributed by atoms with Crippen LogP contribution in [0, 0.1) is 0 Å². The van der Waals surface area contributed by atoms with Crippen LogP contribution in [0.5, 0.6) is 0 Å². The number of hydrogen-bond donors (Lipinski definition) is 0. The maximum Gasteiger partial charge on any atom is 0.324 e. The predicted octanol–water partition coefficient (Wildman–Crippen LogP) is 2.18. The van der Waals surface area contributed by atoms with Gasteiger partial charge in [0.2, 0.25) is 0 Å². The molecule has 0 aliphatic carbocycles. The first kappa shape index (κ1) is 18.1. The van der Waals surface area contributed by atoms with E-state index in [1.54, 1.807) is 18.2 Å². The number of benzene rings is 1. The zero-order valence-corrected chi connectivity index (χ0v) is 14.6. The number of hydrogen-bond acceptors (Lipinski definition) is 5. The Labute approximate surface area is 138 Å². The molecule has 1 rings (SSSR count). The number of sulfone groups is 1. The van der Waals surface area contributed by atoms with E-state index < -0.39 is 21.1 Å². The van der Waals surface area contributed by atoms with E-state index in [0.29, 0.717) is 10.8 Å². The van der Waals surface area contributed by atoms with Gasteiger partial charge in [0, 0.05) is 6.42 Å². The molecule has 0 aliphatic heterocycles. The van der Waals surface area contributed by atoms with E-state index in [0.717, 1.165) is 7.11 Å². The van der Waals surface area contributed by atoms with Gasteiger partial charge in [0.05, 0.1) is 16.4 Å². The first-order valence-electron chi connectivity index (χ1n) is 6.38. The van der Waals surface area contributed by atoms with Crippen LogP contribution in [0.1, 0.15) is 19.3 Å². The summed E-state index contributed by atoms with van der Waals surface area (Å²) in [6.07, 6.45) is 0.681. The van der Waals surface area contributed by atoms with Crippen LogP contribution in [-0.2, 0) is 24.2 Å². The second-order valence-electron chi connectivity index (χ2n) is 4.43. The Balaban J connectivity index is 2.92. The largest absolute Gasteiger partial charge is 0.468 e. The van der Waals surface area contributed by atoms with Crippen LogP contribution in [0.25, 0.3) is 0 Å². The van der Waals surface area contributed by atoms with Gasteiger partial charge >= 0.3 is 5.97 Å². The minimum Gasteiger partial charge on any atom is -0.468 e. The fraction of sp³-hybridized carbons (Fsp3) is 0.429. The number of esters is 1. The van der Waals surface area contributed by atoms with Crippen LogP contribution in [0.3, 0.4) is 0 Å². The van der Waals surface area contributed by atoms with Crippen LogP contribution in [0.4, 0.5) is 0 Å². The Morgan fingerprint density at radius 3 is 2.38 bits per heavy atom. The molecule has 1 aromatic carbocycles. The molecule has 21 heavy (non-hydrogen) atoms. The molecule has 1 unspecified atom stereocenters. The van der Waals surface area contributed by atoms with Crippen molar-refractivity contribution in [2.24, 2.45) is 0 Å². The molecule has 5 nitrogen and oxygen atoms in total. The second-order valence-corrected chi connectivity index (χ2v) is 7.33. The molecule has 0 fully saturated rings. The standard InChI is InChI=1S/C14H17IO5S/c1-20-14(17)13(9-5-6-11(16)10-15)21(18,19)12-7-3-2-4-8-12/h2-4,7-8,13H,5-6,9-10H2,1H3. The summed E-state index contributed by atoms with van der Waals surface area (Å²) in [5.74, 6) is -0.753. The number of carbonyl (C=O) groups is 2. The van der Waals surface area contributed by atoms with Crippen molar-refractivity contribution in [3.8, 4) is 0 Å². The molecule has 0 heterocycles. The van der Waals surface area contributed by atoms with E-state index in [2.05, 4.69) is 4.74 Å². The highest BCUT2D eigenvalue weighted by Gasteiger charge is 2.34. The first-order valence-corrected chi connectivity index (χ1v) is 9.45. The number of rotatable bonds is 8. The van der Waals surface area contributed by atoms with Crippen molar-refractivity contribution in [3.05, 3.63) is 30.3 Å². The molecule has 0 radical (unpaired) electrons. The summed E-state index contributed by atoms with van der Waals surface area (Å²) in [6.45, 7) is 0. The van der Waals surface area contributed by atoms with Crippen molar-refractivity contribution in [3.63, 3.8) is 0 Å². The topological polar surface area (TPSA) is 77.5 Å². The van der Waals surface area contributed by atoms with Gasteiger partial charge in [-0.3, -0.25) is 9.59 Å². The minimum absolute atomic E-state index is 0.0383. The molecular weight excluding hydrogens is 407 g/mol. The summed E-state index contributed by atoms with van der Waals surface area (Å²) < 4.78 is 30.0. The van der Waals surface area contributed by atoms with Gasteiger partial charge in [0.25, 0.3) is 0 Å². The molecule has 0 amide bonds. The van der Waals surface area contributed by atoms with E-state index in [-0.39, 0.29) is 23.5 Å². The number of alkyl halides is 1. The molecule has 0 N–H and O–H groups in total. The molecule has 116 valence electrons. The van der Waals surface area contributed by atoms with Gasteiger partial charge in [-0.1, -0.05) is 40.8 Å².